The van der Waals surface area contributed by atoms with Gasteiger partial charge < -0.3 is 10.2 Å². The van der Waals surface area contributed by atoms with Crippen LogP contribution in [0.4, 0.5) is 5.82 Å². The minimum absolute atomic E-state index is 0.362. The van der Waals surface area contributed by atoms with E-state index in [2.05, 4.69) is 48.2 Å². The lowest BCUT2D eigenvalue weighted by Gasteiger charge is -2.30. The number of aromatic nitrogens is 1. The number of nitrogens with one attached hydrogen (secondary N) is 1. The molecule has 4 unspecified atom stereocenters. The van der Waals surface area contributed by atoms with Gasteiger partial charge in [0.15, 0.2) is 0 Å². The molecule has 0 radical (unpaired) electrons. The first-order chi connectivity index (χ1) is 10.2. The Bertz CT molecular complexity index is 473. The Labute approximate surface area is 129 Å². The fourth-order valence-corrected chi connectivity index (χ4v) is 4.52. The minimum Gasteiger partial charge on any atom is -0.359 e. The van der Waals surface area contributed by atoms with Gasteiger partial charge in [-0.15, -0.1) is 0 Å². The highest BCUT2D eigenvalue weighted by molar-refractivity contribution is 5.47. The molecule has 1 aromatic heterocycles. The summed E-state index contributed by atoms with van der Waals surface area (Å²) in [5, 5.41) is 3.51. The first-order valence-electron chi connectivity index (χ1n) is 8.58. The Morgan fingerprint density at radius 3 is 2.90 bits per heavy atom. The third-order valence-electron chi connectivity index (χ3n) is 5.55. The van der Waals surface area contributed by atoms with E-state index in [1.165, 1.54) is 37.8 Å². The van der Waals surface area contributed by atoms with Crippen LogP contribution in [0, 0.1) is 17.8 Å². The van der Waals surface area contributed by atoms with Crippen molar-refractivity contribution in [1.82, 2.24) is 10.3 Å². The number of anilines is 1. The number of rotatable bonds is 6. The van der Waals surface area contributed by atoms with Crippen molar-refractivity contribution in [3.05, 3.63) is 23.9 Å². The van der Waals surface area contributed by atoms with Crippen molar-refractivity contribution < 1.29 is 0 Å². The molecule has 0 spiro atoms. The van der Waals surface area contributed by atoms with Gasteiger partial charge in [0.1, 0.15) is 5.82 Å². The highest BCUT2D eigenvalue weighted by Gasteiger charge is 2.39. The van der Waals surface area contributed by atoms with E-state index < -0.39 is 0 Å². The van der Waals surface area contributed by atoms with Gasteiger partial charge in [0.05, 0.1) is 0 Å². The first-order valence-corrected chi connectivity index (χ1v) is 8.58. The predicted molar refractivity (Wildman–Crippen MR) is 88.5 cm³/mol. The van der Waals surface area contributed by atoms with E-state index in [9.17, 15) is 0 Å². The fraction of sp³-hybridized carbons (Fsp3) is 0.722. The Morgan fingerprint density at radius 2 is 2.24 bits per heavy atom. The average Bonchev–Trinajstić information content (AvgIpc) is 3.10. The smallest absolute Gasteiger partial charge is 0.133 e. The summed E-state index contributed by atoms with van der Waals surface area (Å²) in [6.07, 6.45) is 7.80. The van der Waals surface area contributed by atoms with E-state index in [1.807, 2.05) is 6.20 Å². The van der Waals surface area contributed by atoms with E-state index in [-0.39, 0.29) is 0 Å². The van der Waals surface area contributed by atoms with Crippen LogP contribution >= 0.6 is 0 Å². The summed E-state index contributed by atoms with van der Waals surface area (Å²) in [7, 11) is 2.22. The van der Waals surface area contributed by atoms with Crippen LogP contribution in [0.3, 0.4) is 0 Å². The second-order valence-electron chi connectivity index (χ2n) is 7.01. The zero-order valence-corrected chi connectivity index (χ0v) is 13.7. The normalized spacial score (nSPS) is 28.8. The van der Waals surface area contributed by atoms with Crippen molar-refractivity contribution in [2.45, 2.75) is 45.6 Å². The maximum absolute atomic E-state index is 4.67. The highest BCUT2D eigenvalue weighted by atomic mass is 15.2. The molecular formula is C18H29N3. The number of pyridine rings is 1. The van der Waals surface area contributed by atoms with Crippen LogP contribution in [-0.2, 0) is 0 Å². The van der Waals surface area contributed by atoms with Crippen molar-refractivity contribution in [2.24, 2.45) is 17.8 Å². The standard InChI is InChI=1S/C18H29N3/c1-4-19-13(2)17-6-5-9-20-18(17)21(3)12-16-11-14-7-8-15(16)10-14/h5-6,9,13-16,19H,4,7-8,10-12H2,1-3H3. The lowest BCUT2D eigenvalue weighted by Crippen LogP contribution is -2.31. The van der Waals surface area contributed by atoms with Crippen molar-refractivity contribution >= 4 is 5.82 Å². The second kappa shape index (κ2) is 6.35. The number of hydrogen-bond acceptors (Lipinski definition) is 3. The first kappa shape index (κ1) is 14.8. The molecule has 1 N–H and O–H groups in total. The molecule has 2 fully saturated rings. The Balaban J connectivity index is 1.70. The largest absolute Gasteiger partial charge is 0.359 e. The summed E-state index contributed by atoms with van der Waals surface area (Å²) < 4.78 is 0. The van der Waals surface area contributed by atoms with Gasteiger partial charge in [-0.3, -0.25) is 0 Å². The maximum Gasteiger partial charge on any atom is 0.133 e. The van der Waals surface area contributed by atoms with Gasteiger partial charge in [-0.1, -0.05) is 19.4 Å². The molecule has 0 aliphatic heterocycles. The topological polar surface area (TPSA) is 28.2 Å². The summed E-state index contributed by atoms with van der Waals surface area (Å²) >= 11 is 0. The minimum atomic E-state index is 0.362. The maximum atomic E-state index is 4.67. The molecular weight excluding hydrogens is 258 g/mol. The van der Waals surface area contributed by atoms with Crippen molar-refractivity contribution in [3.8, 4) is 0 Å². The molecule has 2 aliphatic carbocycles. The summed E-state index contributed by atoms with van der Waals surface area (Å²) in [6.45, 7) is 6.55. The molecule has 0 aromatic carbocycles. The van der Waals surface area contributed by atoms with Crippen LogP contribution in [0.5, 0.6) is 0 Å². The molecule has 3 nitrogen and oxygen atoms in total. The van der Waals surface area contributed by atoms with Gasteiger partial charge >= 0.3 is 0 Å². The van der Waals surface area contributed by atoms with Crippen molar-refractivity contribution in [3.63, 3.8) is 0 Å². The lowest BCUT2D eigenvalue weighted by atomic mass is 9.88. The number of nitrogens with zero attached hydrogens (tertiary/aromatic N) is 2. The SMILES string of the molecule is CCNC(C)c1cccnc1N(C)CC1CC2CCC1C2. The molecule has 21 heavy (non-hydrogen) atoms. The summed E-state index contributed by atoms with van der Waals surface area (Å²) in [5.74, 6) is 4.06. The molecule has 4 atom stereocenters. The number of fused-ring (bicyclic) bond motifs is 2. The Morgan fingerprint density at radius 1 is 1.38 bits per heavy atom. The zero-order valence-electron chi connectivity index (χ0n) is 13.7. The molecule has 0 amide bonds. The van der Waals surface area contributed by atoms with Crippen LogP contribution in [-0.4, -0.2) is 25.1 Å². The third kappa shape index (κ3) is 3.08. The molecule has 0 saturated heterocycles. The van der Waals surface area contributed by atoms with Crippen LogP contribution in [0.1, 0.15) is 51.1 Å². The quantitative estimate of drug-likeness (QED) is 0.866. The Kier molecular flexibility index (Phi) is 4.48. The van der Waals surface area contributed by atoms with Gasteiger partial charge in [-0.25, -0.2) is 4.98 Å². The molecule has 3 rings (SSSR count). The van der Waals surface area contributed by atoms with E-state index in [0.29, 0.717) is 6.04 Å². The molecule has 2 saturated carbocycles. The third-order valence-corrected chi connectivity index (χ3v) is 5.55. The summed E-state index contributed by atoms with van der Waals surface area (Å²) in [4.78, 5) is 7.07. The summed E-state index contributed by atoms with van der Waals surface area (Å²) in [5.41, 5.74) is 1.32. The zero-order chi connectivity index (χ0) is 14.8. The van der Waals surface area contributed by atoms with Crippen molar-refractivity contribution in [2.75, 3.05) is 25.0 Å². The van der Waals surface area contributed by atoms with Gasteiger partial charge in [0.2, 0.25) is 0 Å². The van der Waals surface area contributed by atoms with E-state index >= 15 is 0 Å². The van der Waals surface area contributed by atoms with Crippen LogP contribution in [0.15, 0.2) is 18.3 Å². The predicted octanol–water partition coefficient (Wildman–Crippen LogP) is 3.62. The fourth-order valence-electron chi connectivity index (χ4n) is 4.52. The average molecular weight is 287 g/mol. The van der Waals surface area contributed by atoms with E-state index in [4.69, 9.17) is 0 Å². The second-order valence-corrected chi connectivity index (χ2v) is 7.01. The summed E-state index contributed by atoms with van der Waals surface area (Å²) in [6, 6.07) is 4.63. The van der Waals surface area contributed by atoms with Gasteiger partial charge in [-0.05, 0) is 56.6 Å². The lowest BCUT2D eigenvalue weighted by molar-refractivity contribution is 0.337. The van der Waals surface area contributed by atoms with E-state index in [0.717, 1.165) is 30.1 Å². The molecule has 2 bridgehead atoms. The molecule has 1 aromatic rings. The van der Waals surface area contributed by atoms with Gasteiger partial charge in [0.25, 0.3) is 0 Å². The molecule has 116 valence electrons. The number of hydrogen-bond donors (Lipinski definition) is 1. The molecule has 2 aliphatic rings. The van der Waals surface area contributed by atoms with Crippen LogP contribution < -0.4 is 10.2 Å². The van der Waals surface area contributed by atoms with Gasteiger partial charge in [-0.2, -0.15) is 0 Å². The highest BCUT2D eigenvalue weighted by Crippen LogP contribution is 2.48. The van der Waals surface area contributed by atoms with Gasteiger partial charge in [0, 0.05) is 31.4 Å². The van der Waals surface area contributed by atoms with Crippen molar-refractivity contribution in [1.29, 1.82) is 0 Å². The monoisotopic (exact) mass is 287 g/mol. The van der Waals surface area contributed by atoms with Crippen LogP contribution in [0.25, 0.3) is 0 Å². The van der Waals surface area contributed by atoms with Crippen LogP contribution in [0.2, 0.25) is 0 Å². The molecule has 1 heterocycles. The molecule has 3 heteroatoms. The Hall–Kier alpha value is -1.09. The van der Waals surface area contributed by atoms with E-state index in [1.54, 1.807) is 0 Å².